The minimum absolute atomic E-state index is 0.0938. The van der Waals surface area contributed by atoms with Crippen LogP contribution >= 0.6 is 0 Å². The number of carboxylic acids is 2. The van der Waals surface area contributed by atoms with Crippen LogP contribution in [0, 0.1) is 5.92 Å². The van der Waals surface area contributed by atoms with Crippen LogP contribution in [0.2, 0.25) is 0 Å². The zero-order valence-corrected chi connectivity index (χ0v) is 19.7. The second-order valence-electron chi connectivity index (χ2n) is 8.89. The van der Waals surface area contributed by atoms with Gasteiger partial charge >= 0.3 is 11.9 Å². The van der Waals surface area contributed by atoms with Crippen LogP contribution in [0.25, 0.3) is 0 Å². The van der Waals surface area contributed by atoms with Gasteiger partial charge in [-0.2, -0.15) is 0 Å². The molecule has 34 heavy (non-hydrogen) atoms. The summed E-state index contributed by atoms with van der Waals surface area (Å²) in [6.45, 7) is 4.25. The molecule has 0 bridgehead atoms. The number of nitrogens with two attached hydrogens (primary N) is 1. The maximum absolute atomic E-state index is 13.1. The van der Waals surface area contributed by atoms with Crippen molar-refractivity contribution >= 4 is 17.8 Å². The van der Waals surface area contributed by atoms with Gasteiger partial charge in [0.1, 0.15) is 12.1 Å². The molecule has 0 aliphatic heterocycles. The summed E-state index contributed by atoms with van der Waals surface area (Å²) >= 11 is 0. The number of aryl methyl sites for hydroxylation is 1. The Morgan fingerprint density at radius 3 is 2.06 bits per heavy atom. The first-order chi connectivity index (χ1) is 16.2. The monoisotopic (exact) mass is 469 g/mol. The first-order valence-electron chi connectivity index (χ1n) is 11.5. The van der Waals surface area contributed by atoms with Crippen LogP contribution in [0.3, 0.4) is 0 Å². The maximum Gasteiger partial charge on any atom is 0.326 e. The number of hydrogen-bond acceptors (Lipinski definition) is 5. The molecule has 0 heterocycles. The van der Waals surface area contributed by atoms with E-state index in [1.165, 1.54) is 0 Å². The lowest BCUT2D eigenvalue weighted by molar-refractivity contribution is -0.143. The van der Waals surface area contributed by atoms with Crippen molar-refractivity contribution in [3.05, 3.63) is 71.3 Å². The number of benzene rings is 2. The molecular formula is C26H35N3O5. The van der Waals surface area contributed by atoms with Crippen molar-refractivity contribution in [2.24, 2.45) is 11.7 Å². The first kappa shape index (κ1) is 27.0. The van der Waals surface area contributed by atoms with Crippen LogP contribution in [0.1, 0.15) is 43.4 Å². The molecule has 8 nitrogen and oxygen atoms in total. The van der Waals surface area contributed by atoms with Gasteiger partial charge in [0.15, 0.2) is 0 Å². The molecule has 2 rings (SSSR count). The van der Waals surface area contributed by atoms with Crippen molar-refractivity contribution in [3.8, 4) is 0 Å². The van der Waals surface area contributed by atoms with E-state index in [4.69, 9.17) is 5.73 Å². The van der Waals surface area contributed by atoms with Gasteiger partial charge in [-0.3, -0.25) is 14.9 Å². The highest BCUT2D eigenvalue weighted by Crippen LogP contribution is 2.12. The molecule has 3 unspecified atom stereocenters. The molecule has 0 aromatic heterocycles. The minimum atomic E-state index is -1.14. The lowest BCUT2D eigenvalue weighted by Crippen LogP contribution is -2.55. The Labute approximate surface area is 200 Å². The van der Waals surface area contributed by atoms with E-state index in [0.717, 1.165) is 16.7 Å². The number of nitrogens with one attached hydrogen (secondary N) is 2. The number of hydrogen-bond donors (Lipinski definition) is 5. The maximum atomic E-state index is 13.1. The Balaban J connectivity index is 2.10. The van der Waals surface area contributed by atoms with E-state index < -0.39 is 36.0 Å². The summed E-state index contributed by atoms with van der Waals surface area (Å²) in [7, 11) is 0. The predicted octanol–water partition coefficient (Wildman–Crippen LogP) is 2.35. The zero-order valence-electron chi connectivity index (χ0n) is 19.7. The standard InChI is InChI=1S/C26H35N3O5/c1-17(2)13-22(24(30)29-23(26(33)34)15-18-7-4-3-5-8-18)28-21(25(31)32)12-11-19-9-6-10-20(14-19)16-27/h3-10,14,17,21-23,28H,11-13,15-16,27H2,1-2H3,(H,29,30)(H,31,32)(H,33,34). The summed E-state index contributed by atoms with van der Waals surface area (Å²) in [6.07, 6.45) is 1.28. The Morgan fingerprint density at radius 2 is 1.47 bits per heavy atom. The summed E-state index contributed by atoms with van der Waals surface area (Å²) in [5.74, 6) is -2.63. The second-order valence-corrected chi connectivity index (χ2v) is 8.89. The van der Waals surface area contributed by atoms with Crippen LogP contribution in [0.4, 0.5) is 0 Å². The summed E-state index contributed by atoms with van der Waals surface area (Å²) in [4.78, 5) is 36.8. The van der Waals surface area contributed by atoms with E-state index in [0.29, 0.717) is 19.4 Å². The summed E-state index contributed by atoms with van der Waals surface area (Å²) < 4.78 is 0. The largest absolute Gasteiger partial charge is 0.480 e. The van der Waals surface area contributed by atoms with Gasteiger partial charge in [0.25, 0.3) is 0 Å². The molecule has 0 aliphatic carbocycles. The quantitative estimate of drug-likeness (QED) is 0.286. The van der Waals surface area contributed by atoms with E-state index >= 15 is 0 Å². The molecule has 0 aliphatic rings. The smallest absolute Gasteiger partial charge is 0.326 e. The highest BCUT2D eigenvalue weighted by molar-refractivity contribution is 5.87. The van der Waals surface area contributed by atoms with Crippen molar-refractivity contribution in [3.63, 3.8) is 0 Å². The highest BCUT2D eigenvalue weighted by Gasteiger charge is 2.30. The van der Waals surface area contributed by atoms with Crippen molar-refractivity contribution in [2.45, 2.75) is 64.2 Å². The van der Waals surface area contributed by atoms with Gasteiger partial charge < -0.3 is 21.3 Å². The second kappa shape index (κ2) is 13.5. The van der Waals surface area contributed by atoms with E-state index in [2.05, 4.69) is 10.6 Å². The third kappa shape index (κ3) is 8.96. The molecule has 184 valence electrons. The topological polar surface area (TPSA) is 142 Å². The van der Waals surface area contributed by atoms with Crippen LogP contribution in [0.5, 0.6) is 0 Å². The summed E-state index contributed by atoms with van der Waals surface area (Å²) in [5, 5.41) is 25.0. The molecule has 0 saturated carbocycles. The van der Waals surface area contributed by atoms with Gasteiger partial charge in [0.05, 0.1) is 6.04 Å². The van der Waals surface area contributed by atoms with E-state index in [9.17, 15) is 24.6 Å². The van der Waals surface area contributed by atoms with Crippen LogP contribution in [-0.4, -0.2) is 46.2 Å². The first-order valence-corrected chi connectivity index (χ1v) is 11.5. The molecule has 0 saturated heterocycles. The number of amides is 1. The predicted molar refractivity (Wildman–Crippen MR) is 130 cm³/mol. The van der Waals surface area contributed by atoms with E-state index in [-0.39, 0.29) is 18.8 Å². The van der Waals surface area contributed by atoms with Crippen LogP contribution in [0.15, 0.2) is 54.6 Å². The number of carbonyl (C=O) groups excluding carboxylic acids is 1. The Morgan fingerprint density at radius 1 is 0.853 bits per heavy atom. The number of carbonyl (C=O) groups is 3. The van der Waals surface area contributed by atoms with Crippen molar-refractivity contribution < 1.29 is 24.6 Å². The lowest BCUT2D eigenvalue weighted by Gasteiger charge is -2.26. The van der Waals surface area contributed by atoms with Gasteiger partial charge in [0.2, 0.25) is 5.91 Å². The fourth-order valence-corrected chi connectivity index (χ4v) is 3.79. The molecule has 0 radical (unpaired) electrons. The summed E-state index contributed by atoms with van der Waals surface area (Å²) in [6, 6.07) is 13.8. The van der Waals surface area contributed by atoms with Crippen molar-refractivity contribution in [1.82, 2.24) is 10.6 Å². The third-order valence-corrected chi connectivity index (χ3v) is 5.57. The highest BCUT2D eigenvalue weighted by atomic mass is 16.4. The Bertz CT molecular complexity index is 948. The molecule has 2 aromatic carbocycles. The molecule has 1 amide bonds. The van der Waals surface area contributed by atoms with Crippen LogP contribution in [-0.2, 0) is 33.8 Å². The molecule has 8 heteroatoms. The Kier molecular flexibility index (Phi) is 10.7. The van der Waals surface area contributed by atoms with E-state index in [1.807, 2.05) is 44.2 Å². The van der Waals surface area contributed by atoms with Gasteiger partial charge in [-0.05, 0) is 41.9 Å². The zero-order chi connectivity index (χ0) is 25.1. The fraction of sp³-hybridized carbons (Fsp3) is 0.423. The average Bonchev–Trinajstić information content (AvgIpc) is 2.80. The lowest BCUT2D eigenvalue weighted by atomic mass is 9.98. The summed E-state index contributed by atoms with van der Waals surface area (Å²) in [5.41, 5.74) is 8.40. The van der Waals surface area contributed by atoms with Crippen LogP contribution < -0.4 is 16.4 Å². The Hall–Kier alpha value is -3.23. The molecular weight excluding hydrogens is 434 g/mol. The number of carboxylic acid groups (broad SMARTS) is 2. The number of aliphatic carboxylic acids is 2. The number of rotatable bonds is 14. The molecule has 6 N–H and O–H groups in total. The van der Waals surface area contributed by atoms with Crippen molar-refractivity contribution in [1.29, 1.82) is 0 Å². The average molecular weight is 470 g/mol. The molecule has 0 fully saturated rings. The van der Waals surface area contributed by atoms with Crippen molar-refractivity contribution in [2.75, 3.05) is 0 Å². The SMILES string of the molecule is CC(C)CC(NC(CCc1cccc(CN)c1)C(=O)O)C(=O)NC(Cc1ccccc1)C(=O)O. The fourth-order valence-electron chi connectivity index (χ4n) is 3.79. The van der Waals surface area contributed by atoms with Gasteiger partial charge in [-0.1, -0.05) is 68.4 Å². The van der Waals surface area contributed by atoms with Gasteiger partial charge in [-0.15, -0.1) is 0 Å². The minimum Gasteiger partial charge on any atom is -0.480 e. The third-order valence-electron chi connectivity index (χ3n) is 5.57. The normalized spacial score (nSPS) is 13.8. The molecule has 3 atom stereocenters. The molecule has 0 spiro atoms. The van der Waals surface area contributed by atoms with Gasteiger partial charge in [0, 0.05) is 13.0 Å². The van der Waals surface area contributed by atoms with E-state index in [1.54, 1.807) is 24.3 Å². The molecule has 2 aromatic rings. The van der Waals surface area contributed by atoms with Gasteiger partial charge in [-0.25, -0.2) is 4.79 Å².